The van der Waals surface area contributed by atoms with E-state index >= 15 is 0 Å². The molecule has 1 aromatic heterocycles. The van der Waals surface area contributed by atoms with Crippen molar-refractivity contribution in [3.8, 4) is 0 Å². The van der Waals surface area contributed by atoms with Gasteiger partial charge >= 0.3 is 0 Å². The largest absolute Gasteiger partial charge is 0.347 e. The predicted molar refractivity (Wildman–Crippen MR) is 78.5 cm³/mol. The number of aromatic amines is 1. The first-order valence-electron chi connectivity index (χ1n) is 7.95. The number of rotatable bonds is 6. The number of carbonyl (C=O) groups excluding carboxylic acids is 1. The molecule has 1 heterocycles. The Labute approximate surface area is 120 Å². The molecule has 5 heteroatoms. The Morgan fingerprint density at radius 2 is 2.00 bits per heavy atom. The van der Waals surface area contributed by atoms with Crippen LogP contribution in [0.3, 0.4) is 0 Å². The van der Waals surface area contributed by atoms with Gasteiger partial charge in [-0.3, -0.25) is 9.89 Å². The number of nitrogens with zero attached hydrogens (tertiary/aromatic N) is 2. The molecule has 0 spiro atoms. The molecule has 2 N–H and O–H groups in total. The molecule has 1 aromatic rings. The minimum Gasteiger partial charge on any atom is -0.347 e. The summed E-state index contributed by atoms with van der Waals surface area (Å²) in [6.07, 6.45) is 9.05. The van der Waals surface area contributed by atoms with Crippen molar-refractivity contribution in [1.82, 2.24) is 20.5 Å². The molecule has 1 amide bonds. The SMILES string of the molecule is CCCc1nc(C(=O)NC2CCC(CCC)CC2)n[nH]1. The zero-order valence-corrected chi connectivity index (χ0v) is 12.6. The van der Waals surface area contributed by atoms with Crippen molar-refractivity contribution >= 4 is 5.91 Å². The molecule has 1 aliphatic carbocycles. The van der Waals surface area contributed by atoms with Crippen molar-refractivity contribution in [2.75, 3.05) is 0 Å². The maximum absolute atomic E-state index is 12.1. The van der Waals surface area contributed by atoms with Crippen LogP contribution in [0.25, 0.3) is 0 Å². The molecule has 0 bridgehead atoms. The molecule has 0 radical (unpaired) electrons. The predicted octanol–water partition coefficient (Wildman–Crippen LogP) is 2.85. The molecule has 5 nitrogen and oxygen atoms in total. The Hall–Kier alpha value is -1.39. The molecule has 20 heavy (non-hydrogen) atoms. The summed E-state index contributed by atoms with van der Waals surface area (Å²) in [6, 6.07) is 0.295. The lowest BCUT2D eigenvalue weighted by atomic mass is 9.83. The molecule has 0 atom stereocenters. The topological polar surface area (TPSA) is 70.7 Å². The van der Waals surface area contributed by atoms with Crippen LogP contribution in [0.1, 0.15) is 75.2 Å². The van der Waals surface area contributed by atoms with E-state index in [1.165, 1.54) is 25.7 Å². The number of carbonyl (C=O) groups is 1. The summed E-state index contributed by atoms with van der Waals surface area (Å²) >= 11 is 0. The molecule has 0 aromatic carbocycles. The van der Waals surface area contributed by atoms with Gasteiger partial charge in [-0.05, 0) is 38.0 Å². The van der Waals surface area contributed by atoms with Crippen molar-refractivity contribution in [2.24, 2.45) is 5.92 Å². The van der Waals surface area contributed by atoms with Gasteiger partial charge < -0.3 is 5.32 Å². The highest BCUT2D eigenvalue weighted by Gasteiger charge is 2.23. The Morgan fingerprint density at radius 3 is 2.65 bits per heavy atom. The van der Waals surface area contributed by atoms with E-state index in [-0.39, 0.29) is 11.7 Å². The Kier molecular flexibility index (Phi) is 5.56. The molecular weight excluding hydrogens is 252 g/mol. The van der Waals surface area contributed by atoms with E-state index in [0.717, 1.165) is 37.4 Å². The zero-order valence-electron chi connectivity index (χ0n) is 12.6. The fourth-order valence-corrected chi connectivity index (χ4v) is 3.00. The Balaban J connectivity index is 1.79. The van der Waals surface area contributed by atoms with Gasteiger partial charge in [0.2, 0.25) is 5.82 Å². The number of aromatic nitrogens is 3. The lowest BCUT2D eigenvalue weighted by Crippen LogP contribution is -2.38. The van der Waals surface area contributed by atoms with Crippen molar-refractivity contribution in [2.45, 2.75) is 71.3 Å². The summed E-state index contributed by atoms with van der Waals surface area (Å²) in [5.74, 6) is 1.80. The summed E-state index contributed by atoms with van der Waals surface area (Å²) in [6.45, 7) is 4.32. The third kappa shape index (κ3) is 4.05. The van der Waals surface area contributed by atoms with Crippen LogP contribution < -0.4 is 5.32 Å². The van der Waals surface area contributed by atoms with Crippen molar-refractivity contribution in [1.29, 1.82) is 0 Å². The molecule has 1 aliphatic rings. The van der Waals surface area contributed by atoms with Crippen LogP contribution in [0.4, 0.5) is 0 Å². The third-order valence-electron chi connectivity index (χ3n) is 4.10. The quantitative estimate of drug-likeness (QED) is 0.840. The lowest BCUT2D eigenvalue weighted by Gasteiger charge is -2.28. The van der Waals surface area contributed by atoms with Gasteiger partial charge in [0.1, 0.15) is 5.82 Å². The van der Waals surface area contributed by atoms with Crippen molar-refractivity contribution in [3.63, 3.8) is 0 Å². The van der Waals surface area contributed by atoms with E-state index in [9.17, 15) is 4.79 Å². The maximum atomic E-state index is 12.1. The standard InChI is InChI=1S/C15H26N4O/c1-3-5-11-7-9-12(10-8-11)16-15(20)14-17-13(6-4-2)18-19-14/h11-12H,3-10H2,1-2H3,(H,16,20)(H,17,18,19). The second-order valence-corrected chi connectivity index (χ2v) is 5.84. The zero-order chi connectivity index (χ0) is 14.4. The van der Waals surface area contributed by atoms with Gasteiger partial charge in [-0.1, -0.05) is 26.7 Å². The maximum Gasteiger partial charge on any atom is 0.291 e. The molecule has 0 unspecified atom stereocenters. The normalized spacial score (nSPS) is 22.7. The summed E-state index contributed by atoms with van der Waals surface area (Å²) in [5.41, 5.74) is 0. The highest BCUT2D eigenvalue weighted by atomic mass is 16.2. The Bertz CT molecular complexity index is 421. The smallest absolute Gasteiger partial charge is 0.291 e. The van der Waals surface area contributed by atoms with Gasteiger partial charge in [0.05, 0.1) is 0 Å². The summed E-state index contributed by atoms with van der Waals surface area (Å²) < 4.78 is 0. The number of hydrogen-bond acceptors (Lipinski definition) is 3. The van der Waals surface area contributed by atoms with Gasteiger partial charge in [-0.25, -0.2) is 4.98 Å². The van der Waals surface area contributed by atoms with Crippen LogP contribution in [-0.2, 0) is 6.42 Å². The first kappa shape index (κ1) is 15.0. The molecule has 112 valence electrons. The lowest BCUT2D eigenvalue weighted by molar-refractivity contribution is 0.0911. The van der Waals surface area contributed by atoms with Crippen LogP contribution in [0, 0.1) is 5.92 Å². The van der Waals surface area contributed by atoms with Crippen molar-refractivity contribution in [3.05, 3.63) is 11.6 Å². The van der Waals surface area contributed by atoms with Crippen LogP contribution in [0.2, 0.25) is 0 Å². The first-order valence-corrected chi connectivity index (χ1v) is 7.95. The van der Waals surface area contributed by atoms with E-state index in [4.69, 9.17) is 0 Å². The highest BCUT2D eigenvalue weighted by molar-refractivity contribution is 5.90. The fourth-order valence-electron chi connectivity index (χ4n) is 3.00. The minimum absolute atomic E-state index is 0.137. The molecule has 1 fully saturated rings. The number of hydrogen-bond donors (Lipinski definition) is 2. The third-order valence-corrected chi connectivity index (χ3v) is 4.10. The van der Waals surface area contributed by atoms with Crippen LogP contribution in [-0.4, -0.2) is 27.1 Å². The van der Waals surface area contributed by atoms with E-state index < -0.39 is 0 Å². The summed E-state index contributed by atoms with van der Waals surface area (Å²) in [7, 11) is 0. The summed E-state index contributed by atoms with van der Waals surface area (Å²) in [5, 5.41) is 9.89. The molecular formula is C15H26N4O. The van der Waals surface area contributed by atoms with Gasteiger partial charge in [-0.15, -0.1) is 5.10 Å². The fraction of sp³-hybridized carbons (Fsp3) is 0.800. The number of nitrogens with one attached hydrogen (secondary N) is 2. The van der Waals surface area contributed by atoms with E-state index in [0.29, 0.717) is 6.04 Å². The second-order valence-electron chi connectivity index (χ2n) is 5.84. The molecule has 2 rings (SSSR count). The molecule has 0 aliphatic heterocycles. The first-order chi connectivity index (χ1) is 9.72. The molecule has 0 saturated heterocycles. The summed E-state index contributed by atoms with van der Waals surface area (Å²) in [4.78, 5) is 16.3. The van der Waals surface area contributed by atoms with Gasteiger partial charge in [0, 0.05) is 12.5 Å². The number of aryl methyl sites for hydroxylation is 1. The van der Waals surface area contributed by atoms with Crippen LogP contribution >= 0.6 is 0 Å². The monoisotopic (exact) mass is 278 g/mol. The van der Waals surface area contributed by atoms with Gasteiger partial charge in [0.15, 0.2) is 0 Å². The molecule has 1 saturated carbocycles. The van der Waals surface area contributed by atoms with Crippen LogP contribution in [0.5, 0.6) is 0 Å². The highest BCUT2D eigenvalue weighted by Crippen LogP contribution is 2.27. The minimum atomic E-state index is -0.137. The number of H-pyrrole nitrogens is 1. The van der Waals surface area contributed by atoms with E-state index in [1.807, 2.05) is 0 Å². The van der Waals surface area contributed by atoms with E-state index in [1.54, 1.807) is 0 Å². The Morgan fingerprint density at radius 1 is 1.25 bits per heavy atom. The second kappa shape index (κ2) is 7.41. The van der Waals surface area contributed by atoms with E-state index in [2.05, 4.69) is 34.3 Å². The van der Waals surface area contributed by atoms with Crippen molar-refractivity contribution < 1.29 is 4.79 Å². The van der Waals surface area contributed by atoms with Gasteiger partial charge in [0.25, 0.3) is 5.91 Å². The average molecular weight is 278 g/mol. The number of amides is 1. The average Bonchev–Trinajstić information content (AvgIpc) is 2.90. The van der Waals surface area contributed by atoms with Crippen LogP contribution in [0.15, 0.2) is 0 Å². The van der Waals surface area contributed by atoms with Gasteiger partial charge in [-0.2, -0.15) is 0 Å².